The molecule has 0 saturated carbocycles. The Balaban J connectivity index is 2.72. The maximum absolute atomic E-state index is 2.48. The number of hydrogen-bond acceptors (Lipinski definition) is 0. The molecule has 0 aliphatic rings. The number of benzene rings is 1. The van der Waals surface area contributed by atoms with Gasteiger partial charge in [0.25, 0.3) is 0 Å². The van der Waals surface area contributed by atoms with Crippen molar-refractivity contribution in [2.45, 2.75) is 40.2 Å². The fourth-order valence-electron chi connectivity index (χ4n) is 2.45. The van der Waals surface area contributed by atoms with Crippen molar-refractivity contribution in [2.24, 2.45) is 0 Å². The average Bonchev–Trinajstić information content (AvgIpc) is 2.54. The lowest BCUT2D eigenvalue weighted by Crippen LogP contribution is -2.03. The molecule has 2 aromatic rings. The minimum absolute atomic E-state index is 1.12. The van der Waals surface area contributed by atoms with Gasteiger partial charge in [-0.25, -0.2) is 0 Å². The highest BCUT2D eigenvalue weighted by Crippen LogP contribution is 2.26. The van der Waals surface area contributed by atoms with Crippen LogP contribution in [-0.2, 0) is 13.0 Å². The standard InChI is InChI=1S/C14H19N/c1-4-10-15-11(3)12-8-6-7-9-13(12)14(15)5-2/h6-9H,4-5,10H2,1-3H3. The highest BCUT2D eigenvalue weighted by Gasteiger charge is 2.10. The van der Waals surface area contributed by atoms with Gasteiger partial charge in [0, 0.05) is 28.7 Å². The minimum Gasteiger partial charge on any atom is -0.348 e. The predicted octanol–water partition coefficient (Wildman–Crippen LogP) is 3.92. The van der Waals surface area contributed by atoms with Crippen LogP contribution in [0.3, 0.4) is 0 Å². The second-order valence-corrected chi connectivity index (χ2v) is 4.08. The van der Waals surface area contributed by atoms with Crippen LogP contribution in [0, 0.1) is 6.92 Å². The molecule has 0 atom stereocenters. The van der Waals surface area contributed by atoms with Crippen LogP contribution in [0.2, 0.25) is 0 Å². The van der Waals surface area contributed by atoms with E-state index in [0.717, 1.165) is 13.0 Å². The van der Waals surface area contributed by atoms with Gasteiger partial charge in [-0.1, -0.05) is 38.1 Å². The van der Waals surface area contributed by atoms with Crippen LogP contribution in [0.25, 0.3) is 10.8 Å². The third-order valence-electron chi connectivity index (χ3n) is 3.14. The van der Waals surface area contributed by atoms with Crippen molar-refractivity contribution in [3.8, 4) is 0 Å². The van der Waals surface area contributed by atoms with E-state index in [1.54, 1.807) is 0 Å². The predicted molar refractivity (Wildman–Crippen MR) is 66.3 cm³/mol. The summed E-state index contributed by atoms with van der Waals surface area (Å²) in [5.74, 6) is 0. The number of fused-ring (bicyclic) bond motifs is 1. The molecule has 1 nitrogen and oxygen atoms in total. The Labute approximate surface area is 91.7 Å². The summed E-state index contributed by atoms with van der Waals surface area (Å²) in [4.78, 5) is 0. The van der Waals surface area contributed by atoms with Crippen molar-refractivity contribution in [1.82, 2.24) is 4.57 Å². The highest BCUT2D eigenvalue weighted by atomic mass is 15.0. The lowest BCUT2D eigenvalue weighted by molar-refractivity contribution is 0.640. The van der Waals surface area contributed by atoms with E-state index in [0.29, 0.717) is 0 Å². The summed E-state index contributed by atoms with van der Waals surface area (Å²) in [6, 6.07) is 8.74. The molecule has 1 heterocycles. The monoisotopic (exact) mass is 201 g/mol. The van der Waals surface area contributed by atoms with Gasteiger partial charge in [0.1, 0.15) is 0 Å². The molecule has 1 heteroatoms. The Kier molecular flexibility index (Phi) is 2.81. The molecule has 0 amide bonds. The first kappa shape index (κ1) is 10.3. The molecule has 80 valence electrons. The molecule has 0 aliphatic carbocycles. The Hall–Kier alpha value is -1.24. The summed E-state index contributed by atoms with van der Waals surface area (Å²) in [5, 5.41) is 2.86. The Morgan fingerprint density at radius 3 is 2.33 bits per heavy atom. The fraction of sp³-hybridized carbons (Fsp3) is 0.429. The number of aromatic nitrogens is 1. The molecule has 0 aliphatic heterocycles. The number of rotatable bonds is 3. The zero-order valence-electron chi connectivity index (χ0n) is 9.88. The lowest BCUT2D eigenvalue weighted by Gasteiger charge is -2.08. The van der Waals surface area contributed by atoms with Crippen molar-refractivity contribution >= 4 is 10.8 Å². The molecule has 1 aromatic heterocycles. The van der Waals surface area contributed by atoms with E-state index in [9.17, 15) is 0 Å². The highest BCUT2D eigenvalue weighted by molar-refractivity contribution is 5.88. The van der Waals surface area contributed by atoms with E-state index >= 15 is 0 Å². The summed E-state index contributed by atoms with van der Waals surface area (Å²) in [6.07, 6.45) is 2.32. The third-order valence-corrected chi connectivity index (χ3v) is 3.14. The van der Waals surface area contributed by atoms with Crippen LogP contribution in [0.15, 0.2) is 24.3 Å². The number of aryl methyl sites for hydroxylation is 2. The van der Waals surface area contributed by atoms with E-state index in [1.165, 1.54) is 28.6 Å². The molecule has 0 saturated heterocycles. The molecule has 0 fully saturated rings. The van der Waals surface area contributed by atoms with Gasteiger partial charge >= 0.3 is 0 Å². The van der Waals surface area contributed by atoms with Gasteiger partial charge in [0.2, 0.25) is 0 Å². The van der Waals surface area contributed by atoms with Gasteiger partial charge in [-0.15, -0.1) is 0 Å². The summed E-state index contributed by atoms with van der Waals surface area (Å²) in [5.41, 5.74) is 2.91. The summed E-state index contributed by atoms with van der Waals surface area (Å²) in [6.45, 7) is 7.86. The molecule has 0 spiro atoms. The normalized spacial score (nSPS) is 11.1. The van der Waals surface area contributed by atoms with E-state index in [2.05, 4.69) is 49.6 Å². The topological polar surface area (TPSA) is 4.93 Å². The smallest absolute Gasteiger partial charge is 0.0253 e. The van der Waals surface area contributed by atoms with Crippen molar-refractivity contribution in [2.75, 3.05) is 0 Å². The molecule has 0 bridgehead atoms. The zero-order chi connectivity index (χ0) is 10.8. The van der Waals surface area contributed by atoms with Crippen LogP contribution in [0.4, 0.5) is 0 Å². The second-order valence-electron chi connectivity index (χ2n) is 4.08. The largest absolute Gasteiger partial charge is 0.348 e. The van der Waals surface area contributed by atoms with E-state index in [-0.39, 0.29) is 0 Å². The van der Waals surface area contributed by atoms with Gasteiger partial charge in [-0.2, -0.15) is 0 Å². The molecule has 0 unspecified atom stereocenters. The lowest BCUT2D eigenvalue weighted by atomic mass is 10.1. The first-order valence-corrected chi connectivity index (χ1v) is 5.86. The Bertz CT molecular complexity index is 465. The SMILES string of the molecule is CCCn1c(C)c2ccccc2c1CC. The van der Waals surface area contributed by atoms with Crippen LogP contribution >= 0.6 is 0 Å². The second kappa shape index (κ2) is 4.09. The maximum atomic E-state index is 2.48. The molecule has 0 radical (unpaired) electrons. The Morgan fingerprint density at radius 1 is 1.07 bits per heavy atom. The minimum atomic E-state index is 1.12. The number of nitrogens with zero attached hydrogens (tertiary/aromatic N) is 1. The quantitative estimate of drug-likeness (QED) is 0.709. The van der Waals surface area contributed by atoms with E-state index in [1.807, 2.05) is 0 Å². The summed E-state index contributed by atoms with van der Waals surface area (Å²) in [7, 11) is 0. The van der Waals surface area contributed by atoms with Crippen molar-refractivity contribution in [1.29, 1.82) is 0 Å². The van der Waals surface area contributed by atoms with Crippen LogP contribution in [-0.4, -0.2) is 4.57 Å². The summed E-state index contributed by atoms with van der Waals surface area (Å²) >= 11 is 0. The van der Waals surface area contributed by atoms with Crippen molar-refractivity contribution in [3.63, 3.8) is 0 Å². The maximum Gasteiger partial charge on any atom is 0.0253 e. The van der Waals surface area contributed by atoms with Gasteiger partial charge in [-0.3, -0.25) is 0 Å². The molecule has 15 heavy (non-hydrogen) atoms. The van der Waals surface area contributed by atoms with E-state index < -0.39 is 0 Å². The zero-order valence-corrected chi connectivity index (χ0v) is 9.88. The molecular weight excluding hydrogens is 182 g/mol. The van der Waals surface area contributed by atoms with Crippen molar-refractivity contribution in [3.05, 3.63) is 35.7 Å². The van der Waals surface area contributed by atoms with Gasteiger partial charge in [0.15, 0.2) is 0 Å². The summed E-state index contributed by atoms with van der Waals surface area (Å²) < 4.78 is 2.48. The van der Waals surface area contributed by atoms with Crippen LogP contribution < -0.4 is 0 Å². The van der Waals surface area contributed by atoms with Gasteiger partial charge < -0.3 is 4.57 Å². The van der Waals surface area contributed by atoms with Crippen molar-refractivity contribution < 1.29 is 0 Å². The third kappa shape index (κ3) is 1.56. The van der Waals surface area contributed by atoms with Crippen LogP contribution in [0.5, 0.6) is 0 Å². The molecule has 0 N–H and O–H groups in total. The van der Waals surface area contributed by atoms with Gasteiger partial charge in [-0.05, 0) is 19.8 Å². The van der Waals surface area contributed by atoms with E-state index in [4.69, 9.17) is 0 Å². The fourth-order valence-corrected chi connectivity index (χ4v) is 2.45. The molecule has 1 aromatic carbocycles. The molecular formula is C14H19N. The number of hydrogen-bond donors (Lipinski definition) is 0. The Morgan fingerprint density at radius 2 is 1.73 bits per heavy atom. The average molecular weight is 201 g/mol. The van der Waals surface area contributed by atoms with Crippen LogP contribution in [0.1, 0.15) is 31.7 Å². The first-order valence-electron chi connectivity index (χ1n) is 5.86. The first-order chi connectivity index (χ1) is 7.29. The molecule has 2 rings (SSSR count). The van der Waals surface area contributed by atoms with Gasteiger partial charge in [0.05, 0.1) is 0 Å².